The molecule has 1 aromatic rings. The van der Waals surface area contributed by atoms with Gasteiger partial charge in [-0.05, 0) is 18.2 Å². The van der Waals surface area contributed by atoms with Crippen LogP contribution in [-0.2, 0) is 4.79 Å². The fraction of sp³-hybridized carbons (Fsp3) is 0.0833. The highest BCUT2D eigenvalue weighted by Crippen LogP contribution is 2.28. The zero-order chi connectivity index (χ0) is 13.4. The molecule has 2 heterocycles. The van der Waals surface area contributed by atoms with Crippen LogP contribution in [0.25, 0.3) is 5.70 Å². The Morgan fingerprint density at radius 3 is 2.63 bits per heavy atom. The van der Waals surface area contributed by atoms with Gasteiger partial charge in [0, 0.05) is 17.7 Å². The van der Waals surface area contributed by atoms with Crippen molar-refractivity contribution in [2.24, 2.45) is 15.9 Å². The van der Waals surface area contributed by atoms with Gasteiger partial charge in [-0.15, -0.1) is 0 Å². The monoisotopic (exact) mass is 256 g/mol. The number of benzene rings is 1. The van der Waals surface area contributed by atoms with E-state index in [1.165, 1.54) is 18.5 Å². The lowest BCUT2D eigenvalue weighted by Crippen LogP contribution is -2.36. The maximum Gasteiger partial charge on any atom is 0.269 e. The first-order valence-corrected chi connectivity index (χ1v) is 5.53. The average Bonchev–Trinajstić information content (AvgIpc) is 2.84. The van der Waals surface area contributed by atoms with Gasteiger partial charge in [-0.25, -0.2) is 9.98 Å². The minimum absolute atomic E-state index is 0.0168. The first-order chi connectivity index (χ1) is 9.15. The molecule has 0 saturated carbocycles. The number of aliphatic imine (C=N–C) groups is 2. The highest BCUT2D eigenvalue weighted by atomic mass is 16.6. The Kier molecular flexibility index (Phi) is 2.45. The number of hydrogen-bond donors (Lipinski definition) is 1. The van der Waals surface area contributed by atoms with Gasteiger partial charge in [0.25, 0.3) is 5.69 Å². The predicted octanol–water partition coefficient (Wildman–Crippen LogP) is 1.12. The molecule has 0 aliphatic carbocycles. The molecule has 2 aliphatic heterocycles. The SMILES string of the molecule is O=C1NC=NC2=NC(c3ccc([N+](=O)[O-])cc3)=CC12. The van der Waals surface area contributed by atoms with Gasteiger partial charge in [0.2, 0.25) is 5.91 Å². The second kappa shape index (κ2) is 4.13. The summed E-state index contributed by atoms with van der Waals surface area (Å²) in [5.74, 6) is -0.210. The minimum Gasteiger partial charge on any atom is -0.316 e. The van der Waals surface area contributed by atoms with Gasteiger partial charge in [-0.3, -0.25) is 14.9 Å². The summed E-state index contributed by atoms with van der Waals surface area (Å²) in [7, 11) is 0. The largest absolute Gasteiger partial charge is 0.316 e. The van der Waals surface area contributed by atoms with Crippen LogP contribution in [0.15, 0.2) is 40.3 Å². The Labute approximate surface area is 107 Å². The van der Waals surface area contributed by atoms with E-state index in [0.717, 1.165) is 5.56 Å². The highest BCUT2D eigenvalue weighted by molar-refractivity contribution is 6.17. The maximum atomic E-state index is 11.6. The summed E-state index contributed by atoms with van der Waals surface area (Å²) in [6, 6.07) is 6.02. The highest BCUT2D eigenvalue weighted by Gasteiger charge is 2.30. The van der Waals surface area contributed by atoms with Crippen LogP contribution in [0.5, 0.6) is 0 Å². The normalized spacial score (nSPS) is 20.4. The number of nitrogens with one attached hydrogen (secondary N) is 1. The van der Waals surface area contributed by atoms with Gasteiger partial charge < -0.3 is 5.32 Å². The van der Waals surface area contributed by atoms with E-state index in [-0.39, 0.29) is 11.6 Å². The van der Waals surface area contributed by atoms with Crippen molar-refractivity contribution < 1.29 is 9.72 Å². The zero-order valence-corrected chi connectivity index (χ0v) is 9.61. The Morgan fingerprint density at radius 2 is 2.00 bits per heavy atom. The lowest BCUT2D eigenvalue weighted by molar-refractivity contribution is -0.384. The molecule has 0 bridgehead atoms. The number of nitro groups is 1. The molecular weight excluding hydrogens is 248 g/mol. The van der Waals surface area contributed by atoms with E-state index in [2.05, 4.69) is 15.3 Å². The maximum absolute atomic E-state index is 11.6. The Morgan fingerprint density at radius 1 is 1.26 bits per heavy atom. The second-order valence-electron chi connectivity index (χ2n) is 4.07. The third-order valence-electron chi connectivity index (χ3n) is 2.90. The van der Waals surface area contributed by atoms with Crippen molar-refractivity contribution in [1.82, 2.24) is 5.32 Å². The number of rotatable bonds is 2. The van der Waals surface area contributed by atoms with Crippen LogP contribution in [0, 0.1) is 16.0 Å². The number of carbonyl (C=O) groups excluding carboxylic acids is 1. The molecule has 1 N–H and O–H groups in total. The van der Waals surface area contributed by atoms with Gasteiger partial charge in [0.1, 0.15) is 11.8 Å². The van der Waals surface area contributed by atoms with Crippen LogP contribution in [0.3, 0.4) is 0 Å². The van der Waals surface area contributed by atoms with Gasteiger partial charge >= 0.3 is 0 Å². The van der Waals surface area contributed by atoms with Crippen LogP contribution in [0.2, 0.25) is 0 Å². The summed E-state index contributed by atoms with van der Waals surface area (Å²) in [5, 5.41) is 13.1. The molecule has 7 nitrogen and oxygen atoms in total. The molecule has 1 amide bonds. The number of amidine groups is 1. The molecular formula is C12H8N4O3. The molecule has 19 heavy (non-hydrogen) atoms. The van der Waals surface area contributed by atoms with Crippen LogP contribution in [0.4, 0.5) is 5.69 Å². The zero-order valence-electron chi connectivity index (χ0n) is 9.61. The molecule has 0 radical (unpaired) electrons. The van der Waals surface area contributed by atoms with Crippen molar-refractivity contribution in [3.8, 4) is 0 Å². The van der Waals surface area contributed by atoms with Crippen molar-refractivity contribution >= 4 is 29.5 Å². The number of amides is 1. The minimum atomic E-state index is -0.477. The molecule has 0 spiro atoms. The van der Waals surface area contributed by atoms with E-state index in [0.29, 0.717) is 11.5 Å². The van der Waals surface area contributed by atoms with Gasteiger partial charge in [0.05, 0.1) is 17.0 Å². The summed E-state index contributed by atoms with van der Waals surface area (Å²) in [6.45, 7) is 0. The fourth-order valence-corrected chi connectivity index (χ4v) is 1.93. The van der Waals surface area contributed by atoms with Gasteiger partial charge in [-0.2, -0.15) is 0 Å². The van der Waals surface area contributed by atoms with Crippen molar-refractivity contribution in [1.29, 1.82) is 0 Å². The van der Waals surface area contributed by atoms with Gasteiger partial charge in [-0.1, -0.05) is 0 Å². The molecule has 1 unspecified atom stereocenters. The summed E-state index contributed by atoms with van der Waals surface area (Å²) >= 11 is 0. The summed E-state index contributed by atoms with van der Waals surface area (Å²) in [6.07, 6.45) is 3.01. The van der Waals surface area contributed by atoms with E-state index in [4.69, 9.17) is 0 Å². The predicted molar refractivity (Wildman–Crippen MR) is 68.6 cm³/mol. The lowest BCUT2D eigenvalue weighted by atomic mass is 10.1. The van der Waals surface area contributed by atoms with E-state index in [1.807, 2.05) is 0 Å². The first kappa shape index (κ1) is 11.3. The standard InChI is InChI=1S/C12H8N4O3/c17-12-9-5-10(15-11(9)13-6-14-12)7-1-3-8(4-2-7)16(18)19/h1-6,9H,(H,13,14,15,17). The summed E-state index contributed by atoms with van der Waals surface area (Å²) in [5.41, 5.74) is 1.34. The topological polar surface area (TPSA) is 97.0 Å². The first-order valence-electron chi connectivity index (χ1n) is 5.53. The number of carbonyl (C=O) groups is 1. The number of fused-ring (bicyclic) bond motifs is 1. The Balaban J connectivity index is 1.94. The number of non-ortho nitro benzene ring substituents is 1. The molecule has 2 aliphatic rings. The van der Waals surface area contributed by atoms with Crippen molar-refractivity contribution in [3.05, 3.63) is 46.0 Å². The molecule has 94 valence electrons. The van der Waals surface area contributed by atoms with Crippen molar-refractivity contribution in [2.45, 2.75) is 0 Å². The second-order valence-corrected chi connectivity index (χ2v) is 4.07. The van der Waals surface area contributed by atoms with Crippen LogP contribution < -0.4 is 5.32 Å². The molecule has 0 fully saturated rings. The van der Waals surface area contributed by atoms with Crippen LogP contribution in [0.1, 0.15) is 5.56 Å². The van der Waals surface area contributed by atoms with Crippen molar-refractivity contribution in [3.63, 3.8) is 0 Å². The third-order valence-corrected chi connectivity index (χ3v) is 2.90. The molecule has 1 atom stereocenters. The number of nitro benzene ring substituents is 1. The Bertz CT molecular complexity index is 658. The van der Waals surface area contributed by atoms with Crippen LogP contribution in [-0.4, -0.2) is 23.0 Å². The molecule has 0 aromatic heterocycles. The van der Waals surface area contributed by atoms with E-state index in [9.17, 15) is 14.9 Å². The average molecular weight is 256 g/mol. The molecule has 7 heteroatoms. The third kappa shape index (κ3) is 1.90. The summed E-state index contributed by atoms with van der Waals surface area (Å²) < 4.78 is 0. The number of nitrogens with zero attached hydrogens (tertiary/aromatic N) is 3. The molecule has 3 rings (SSSR count). The quantitative estimate of drug-likeness (QED) is 0.634. The van der Waals surface area contributed by atoms with Crippen LogP contribution >= 0.6 is 0 Å². The van der Waals surface area contributed by atoms with Gasteiger partial charge in [0.15, 0.2) is 0 Å². The Hall–Kier alpha value is -2.83. The lowest BCUT2D eigenvalue weighted by Gasteiger charge is -2.10. The van der Waals surface area contributed by atoms with Crippen molar-refractivity contribution in [2.75, 3.05) is 0 Å². The smallest absolute Gasteiger partial charge is 0.269 e. The van der Waals surface area contributed by atoms with E-state index >= 15 is 0 Å². The molecule has 0 saturated heterocycles. The van der Waals surface area contributed by atoms with E-state index < -0.39 is 10.8 Å². The summed E-state index contributed by atoms with van der Waals surface area (Å²) in [4.78, 5) is 29.9. The number of hydrogen-bond acceptors (Lipinski definition) is 5. The fourth-order valence-electron chi connectivity index (χ4n) is 1.93. The van der Waals surface area contributed by atoms with E-state index in [1.54, 1.807) is 18.2 Å². The molecule has 1 aromatic carbocycles.